The Morgan fingerprint density at radius 2 is 1.95 bits per heavy atom. The molecule has 0 bridgehead atoms. The average molecular weight is 317 g/mol. The highest BCUT2D eigenvalue weighted by Crippen LogP contribution is 2.22. The van der Waals surface area contributed by atoms with E-state index in [1.54, 1.807) is 0 Å². The Labute approximate surface area is 125 Å². The number of ether oxygens (including phenoxy) is 1. The molecule has 1 saturated heterocycles. The van der Waals surface area contributed by atoms with Gasteiger partial charge in [-0.2, -0.15) is 0 Å². The van der Waals surface area contributed by atoms with Gasteiger partial charge in [0.1, 0.15) is 11.4 Å². The molecule has 0 radical (unpaired) electrons. The van der Waals surface area contributed by atoms with Crippen molar-refractivity contribution in [3.63, 3.8) is 0 Å². The number of carboxylic acids is 1. The van der Waals surface area contributed by atoms with Crippen LogP contribution in [-0.4, -0.2) is 35.9 Å². The first-order chi connectivity index (χ1) is 9.91. The number of hydrogen-bond acceptors (Lipinski definition) is 3. The quantitative estimate of drug-likeness (QED) is 0.798. The maximum Gasteiger partial charge on any atom is 0.329 e. The van der Waals surface area contributed by atoms with Crippen LogP contribution >= 0.6 is 11.6 Å². The molecule has 1 fully saturated rings. The number of benzene rings is 1. The third kappa shape index (κ3) is 3.83. The van der Waals surface area contributed by atoms with Crippen molar-refractivity contribution in [2.45, 2.75) is 18.4 Å². The zero-order valence-electron chi connectivity index (χ0n) is 11.0. The molecule has 1 aliphatic heterocycles. The molecule has 0 unspecified atom stereocenters. The van der Waals surface area contributed by atoms with Crippen molar-refractivity contribution < 1.29 is 23.8 Å². The number of nitrogens with one attached hydrogen (secondary N) is 2. The molecule has 2 amide bonds. The van der Waals surface area contributed by atoms with Crippen molar-refractivity contribution in [1.82, 2.24) is 5.32 Å². The van der Waals surface area contributed by atoms with E-state index in [2.05, 4.69) is 10.6 Å². The second kappa shape index (κ2) is 6.28. The van der Waals surface area contributed by atoms with Crippen molar-refractivity contribution in [3.05, 3.63) is 29.0 Å². The Hall–Kier alpha value is -1.86. The normalized spacial score (nSPS) is 17.0. The summed E-state index contributed by atoms with van der Waals surface area (Å²) in [6.45, 7) is 0.497. The summed E-state index contributed by atoms with van der Waals surface area (Å²) in [5.74, 6) is -1.73. The summed E-state index contributed by atoms with van der Waals surface area (Å²) in [4.78, 5) is 23.3. The molecule has 0 spiro atoms. The van der Waals surface area contributed by atoms with E-state index in [-0.39, 0.29) is 36.8 Å². The third-order valence-electron chi connectivity index (χ3n) is 3.23. The van der Waals surface area contributed by atoms with Gasteiger partial charge in [0.25, 0.3) is 0 Å². The molecule has 0 aromatic heterocycles. The highest BCUT2D eigenvalue weighted by Gasteiger charge is 2.41. The monoisotopic (exact) mass is 316 g/mol. The summed E-state index contributed by atoms with van der Waals surface area (Å²) in [6.07, 6.45) is 0.333. The van der Waals surface area contributed by atoms with Gasteiger partial charge in [0, 0.05) is 36.8 Å². The van der Waals surface area contributed by atoms with Gasteiger partial charge in [-0.3, -0.25) is 0 Å². The molecule has 0 atom stereocenters. The number of carbonyl (C=O) groups is 2. The van der Waals surface area contributed by atoms with Gasteiger partial charge in [0.05, 0.1) is 0 Å². The van der Waals surface area contributed by atoms with Crippen molar-refractivity contribution in [1.29, 1.82) is 0 Å². The zero-order chi connectivity index (χ0) is 15.5. The summed E-state index contributed by atoms with van der Waals surface area (Å²) in [6, 6.07) is 2.81. The van der Waals surface area contributed by atoms with Crippen LogP contribution in [0, 0.1) is 5.82 Å². The Kier molecular flexibility index (Phi) is 4.64. The number of halogens is 2. The number of carboxylic acid groups (broad SMARTS) is 1. The first kappa shape index (κ1) is 15.5. The maximum absolute atomic E-state index is 13.2. The number of rotatable bonds is 3. The highest BCUT2D eigenvalue weighted by molar-refractivity contribution is 6.30. The van der Waals surface area contributed by atoms with Crippen molar-refractivity contribution in [2.75, 3.05) is 18.5 Å². The van der Waals surface area contributed by atoms with Crippen LogP contribution in [-0.2, 0) is 9.53 Å². The lowest BCUT2D eigenvalue weighted by Gasteiger charge is -2.33. The minimum atomic E-state index is -1.38. The lowest BCUT2D eigenvalue weighted by Crippen LogP contribution is -2.58. The van der Waals surface area contributed by atoms with Gasteiger partial charge in [-0.1, -0.05) is 11.6 Å². The molecular weight excluding hydrogens is 303 g/mol. The van der Waals surface area contributed by atoms with E-state index in [0.29, 0.717) is 0 Å². The van der Waals surface area contributed by atoms with Crippen LogP contribution in [0.25, 0.3) is 0 Å². The number of anilines is 1. The Morgan fingerprint density at radius 1 is 1.29 bits per heavy atom. The largest absolute Gasteiger partial charge is 0.480 e. The summed E-state index contributed by atoms with van der Waals surface area (Å²) >= 11 is 5.68. The van der Waals surface area contributed by atoms with Crippen LogP contribution in [0.2, 0.25) is 5.02 Å². The zero-order valence-corrected chi connectivity index (χ0v) is 11.7. The second-order valence-corrected chi connectivity index (χ2v) is 5.17. The molecular formula is C13H14ClFN2O4. The van der Waals surface area contributed by atoms with Crippen molar-refractivity contribution >= 4 is 29.3 Å². The standard InChI is InChI=1S/C13H14ClFN2O4/c14-8-5-9(15)7-10(6-8)16-12(20)17-13(11(18)19)1-3-21-4-2-13/h5-7H,1-4H2,(H,18,19)(H2,16,17,20). The van der Waals surface area contributed by atoms with Gasteiger partial charge >= 0.3 is 12.0 Å². The molecule has 1 aromatic carbocycles. The van der Waals surface area contributed by atoms with E-state index >= 15 is 0 Å². The van der Waals surface area contributed by atoms with Crippen molar-refractivity contribution in [3.8, 4) is 0 Å². The van der Waals surface area contributed by atoms with Gasteiger partial charge < -0.3 is 20.5 Å². The number of amides is 2. The Balaban J connectivity index is 2.07. The number of urea groups is 1. The summed E-state index contributed by atoms with van der Waals surface area (Å²) in [5, 5.41) is 14.2. The van der Waals surface area contributed by atoms with E-state index < -0.39 is 23.4 Å². The lowest BCUT2D eigenvalue weighted by molar-refractivity contribution is -0.148. The molecule has 1 aromatic rings. The first-order valence-corrected chi connectivity index (χ1v) is 6.65. The topological polar surface area (TPSA) is 87.7 Å². The van der Waals surface area contributed by atoms with Crippen molar-refractivity contribution in [2.24, 2.45) is 0 Å². The van der Waals surface area contributed by atoms with Crippen LogP contribution in [0.3, 0.4) is 0 Å². The van der Waals surface area contributed by atoms with Gasteiger partial charge in [-0.15, -0.1) is 0 Å². The number of aliphatic carboxylic acids is 1. The Bertz CT molecular complexity index is 541. The van der Waals surface area contributed by atoms with Crippen LogP contribution in [0.4, 0.5) is 14.9 Å². The molecule has 8 heteroatoms. The summed E-state index contributed by atoms with van der Waals surface area (Å²) in [7, 11) is 0. The fourth-order valence-corrected chi connectivity index (χ4v) is 2.34. The molecule has 6 nitrogen and oxygen atoms in total. The Morgan fingerprint density at radius 3 is 2.52 bits per heavy atom. The minimum Gasteiger partial charge on any atom is -0.480 e. The molecule has 0 aliphatic carbocycles. The smallest absolute Gasteiger partial charge is 0.329 e. The molecule has 114 valence electrons. The van der Waals surface area contributed by atoms with E-state index in [0.717, 1.165) is 12.1 Å². The van der Waals surface area contributed by atoms with Gasteiger partial charge in [-0.05, 0) is 18.2 Å². The molecule has 0 saturated carbocycles. The lowest BCUT2D eigenvalue weighted by atomic mass is 9.90. The van der Waals surface area contributed by atoms with Crippen LogP contribution in [0.15, 0.2) is 18.2 Å². The number of hydrogen-bond donors (Lipinski definition) is 3. The first-order valence-electron chi connectivity index (χ1n) is 6.28. The predicted octanol–water partition coefficient (Wildman–Crippen LogP) is 2.23. The molecule has 1 heterocycles. The summed E-state index contributed by atoms with van der Waals surface area (Å²) < 4.78 is 18.3. The summed E-state index contributed by atoms with van der Waals surface area (Å²) in [5.41, 5.74) is -1.23. The predicted molar refractivity (Wildman–Crippen MR) is 74.0 cm³/mol. The van der Waals surface area contributed by atoms with Crippen LogP contribution < -0.4 is 10.6 Å². The van der Waals surface area contributed by atoms with Gasteiger partial charge in [0.15, 0.2) is 0 Å². The second-order valence-electron chi connectivity index (χ2n) is 4.74. The minimum absolute atomic E-state index is 0.129. The molecule has 1 aliphatic rings. The third-order valence-corrected chi connectivity index (χ3v) is 3.45. The highest BCUT2D eigenvalue weighted by atomic mass is 35.5. The van der Waals surface area contributed by atoms with Crippen LogP contribution in [0.5, 0.6) is 0 Å². The maximum atomic E-state index is 13.2. The fourth-order valence-electron chi connectivity index (χ4n) is 2.12. The van der Waals surface area contributed by atoms with E-state index in [1.807, 2.05) is 0 Å². The van der Waals surface area contributed by atoms with E-state index in [1.165, 1.54) is 6.07 Å². The van der Waals surface area contributed by atoms with E-state index in [9.17, 15) is 19.1 Å². The SMILES string of the molecule is O=C(Nc1cc(F)cc(Cl)c1)NC1(C(=O)O)CCOCC1. The number of carbonyl (C=O) groups excluding carboxylic acids is 1. The molecule has 3 N–H and O–H groups in total. The molecule has 2 rings (SSSR count). The van der Waals surface area contributed by atoms with Gasteiger partial charge in [-0.25, -0.2) is 14.0 Å². The molecule has 21 heavy (non-hydrogen) atoms. The van der Waals surface area contributed by atoms with Crippen LogP contribution in [0.1, 0.15) is 12.8 Å². The van der Waals surface area contributed by atoms with E-state index in [4.69, 9.17) is 16.3 Å². The fraction of sp³-hybridized carbons (Fsp3) is 0.385. The van der Waals surface area contributed by atoms with Gasteiger partial charge in [0.2, 0.25) is 0 Å². The average Bonchev–Trinajstić information content (AvgIpc) is 2.37.